The summed E-state index contributed by atoms with van der Waals surface area (Å²) in [7, 11) is 0. The monoisotopic (exact) mass is 200 g/mol. The van der Waals surface area contributed by atoms with Crippen molar-refractivity contribution in [3.8, 4) is 0 Å². The highest BCUT2D eigenvalue weighted by atomic mass is 16.6. The Morgan fingerprint density at radius 1 is 1.36 bits per heavy atom. The van der Waals surface area contributed by atoms with E-state index in [9.17, 15) is 0 Å². The first-order valence-corrected chi connectivity index (χ1v) is 5.68. The number of epoxide rings is 1. The molecule has 1 saturated heterocycles. The fourth-order valence-electron chi connectivity index (χ4n) is 2.04. The average molecular weight is 200 g/mol. The Kier molecular flexibility index (Phi) is 3.96. The molecule has 2 heteroatoms. The van der Waals surface area contributed by atoms with E-state index in [0.29, 0.717) is 18.1 Å². The maximum atomic E-state index is 6.02. The van der Waals surface area contributed by atoms with E-state index in [-0.39, 0.29) is 5.60 Å². The lowest BCUT2D eigenvalue weighted by atomic mass is 10.0. The molecular weight excluding hydrogens is 176 g/mol. The molecule has 1 aliphatic rings. The van der Waals surface area contributed by atoms with E-state index in [0.717, 1.165) is 19.4 Å². The van der Waals surface area contributed by atoms with Gasteiger partial charge >= 0.3 is 0 Å². The van der Waals surface area contributed by atoms with Crippen molar-refractivity contribution < 1.29 is 9.47 Å². The summed E-state index contributed by atoms with van der Waals surface area (Å²) >= 11 is 0. The predicted molar refractivity (Wildman–Crippen MR) is 58.4 cm³/mol. The molecule has 2 unspecified atom stereocenters. The van der Waals surface area contributed by atoms with Crippen LogP contribution in [0, 0.1) is 5.92 Å². The molecule has 2 nitrogen and oxygen atoms in total. The third-order valence-corrected chi connectivity index (χ3v) is 2.45. The van der Waals surface area contributed by atoms with E-state index in [4.69, 9.17) is 9.47 Å². The standard InChI is InChI=1S/C12H24O2/c1-9(2)6-10(3)14-12(4,5)7-11-8-13-11/h9-11H,6-8H2,1-5H3. The van der Waals surface area contributed by atoms with E-state index in [2.05, 4.69) is 34.6 Å². The third-order valence-electron chi connectivity index (χ3n) is 2.45. The van der Waals surface area contributed by atoms with Gasteiger partial charge in [-0.25, -0.2) is 0 Å². The van der Waals surface area contributed by atoms with Gasteiger partial charge in [0.15, 0.2) is 0 Å². The van der Waals surface area contributed by atoms with Crippen LogP contribution in [0.4, 0.5) is 0 Å². The Morgan fingerprint density at radius 2 is 1.93 bits per heavy atom. The summed E-state index contributed by atoms with van der Waals surface area (Å²) in [6, 6.07) is 0. The van der Waals surface area contributed by atoms with Crippen LogP contribution in [0.1, 0.15) is 47.5 Å². The van der Waals surface area contributed by atoms with Gasteiger partial charge in [0.2, 0.25) is 0 Å². The first-order valence-electron chi connectivity index (χ1n) is 5.68. The van der Waals surface area contributed by atoms with Gasteiger partial charge in [0, 0.05) is 6.42 Å². The largest absolute Gasteiger partial charge is 0.373 e. The molecule has 0 N–H and O–H groups in total. The fourth-order valence-corrected chi connectivity index (χ4v) is 2.04. The van der Waals surface area contributed by atoms with Crippen molar-refractivity contribution in [3.05, 3.63) is 0 Å². The highest BCUT2D eigenvalue weighted by Crippen LogP contribution is 2.27. The summed E-state index contributed by atoms with van der Waals surface area (Å²) in [5.74, 6) is 0.706. The average Bonchev–Trinajstić information content (AvgIpc) is 2.65. The molecule has 0 radical (unpaired) electrons. The van der Waals surface area contributed by atoms with Crippen molar-refractivity contribution in [2.45, 2.75) is 65.3 Å². The Bertz CT molecular complexity index is 171. The van der Waals surface area contributed by atoms with Gasteiger partial charge in [-0.3, -0.25) is 0 Å². The molecule has 1 aliphatic heterocycles. The van der Waals surface area contributed by atoms with Crippen LogP contribution in [0.25, 0.3) is 0 Å². The number of ether oxygens (including phenoxy) is 2. The molecule has 0 amide bonds. The Hall–Kier alpha value is -0.0800. The van der Waals surface area contributed by atoms with Crippen molar-refractivity contribution in [1.29, 1.82) is 0 Å². The Labute approximate surface area is 88.0 Å². The van der Waals surface area contributed by atoms with E-state index in [1.807, 2.05) is 0 Å². The van der Waals surface area contributed by atoms with Gasteiger partial charge in [-0.2, -0.15) is 0 Å². The molecule has 1 rings (SSSR count). The normalized spacial score (nSPS) is 24.0. The first kappa shape index (κ1) is 12.0. The van der Waals surface area contributed by atoms with Crippen molar-refractivity contribution >= 4 is 0 Å². The van der Waals surface area contributed by atoms with Crippen LogP contribution < -0.4 is 0 Å². The zero-order valence-corrected chi connectivity index (χ0v) is 10.2. The van der Waals surface area contributed by atoms with E-state index in [1.165, 1.54) is 0 Å². The van der Waals surface area contributed by atoms with Crippen LogP contribution in [0.5, 0.6) is 0 Å². The van der Waals surface area contributed by atoms with Crippen LogP contribution in [0.2, 0.25) is 0 Å². The summed E-state index contributed by atoms with van der Waals surface area (Å²) in [6.07, 6.45) is 2.96. The molecule has 1 fully saturated rings. The summed E-state index contributed by atoms with van der Waals surface area (Å²) in [4.78, 5) is 0. The minimum atomic E-state index is -0.0323. The van der Waals surface area contributed by atoms with Crippen molar-refractivity contribution in [1.82, 2.24) is 0 Å². The quantitative estimate of drug-likeness (QED) is 0.615. The highest BCUT2D eigenvalue weighted by molar-refractivity contribution is 4.81. The van der Waals surface area contributed by atoms with Gasteiger partial charge < -0.3 is 9.47 Å². The van der Waals surface area contributed by atoms with Crippen LogP contribution in [0.15, 0.2) is 0 Å². The van der Waals surface area contributed by atoms with Gasteiger partial charge in [-0.1, -0.05) is 13.8 Å². The van der Waals surface area contributed by atoms with E-state index < -0.39 is 0 Å². The molecule has 1 heterocycles. The van der Waals surface area contributed by atoms with Crippen molar-refractivity contribution in [3.63, 3.8) is 0 Å². The topological polar surface area (TPSA) is 21.8 Å². The molecule has 0 spiro atoms. The predicted octanol–water partition coefficient (Wildman–Crippen LogP) is 3.01. The minimum absolute atomic E-state index is 0.0323. The first-order chi connectivity index (χ1) is 6.39. The zero-order valence-electron chi connectivity index (χ0n) is 10.2. The van der Waals surface area contributed by atoms with Crippen molar-refractivity contribution in [2.24, 2.45) is 5.92 Å². The molecule has 14 heavy (non-hydrogen) atoms. The molecule has 0 aliphatic carbocycles. The van der Waals surface area contributed by atoms with Gasteiger partial charge in [-0.05, 0) is 33.1 Å². The van der Waals surface area contributed by atoms with Crippen LogP contribution in [0.3, 0.4) is 0 Å². The fraction of sp³-hybridized carbons (Fsp3) is 1.00. The molecule has 0 aromatic rings. The van der Waals surface area contributed by atoms with E-state index in [1.54, 1.807) is 0 Å². The second-order valence-electron chi connectivity index (χ2n) is 5.48. The summed E-state index contributed by atoms with van der Waals surface area (Å²) in [5.41, 5.74) is -0.0323. The molecule has 0 aromatic carbocycles. The van der Waals surface area contributed by atoms with Crippen LogP contribution in [-0.4, -0.2) is 24.4 Å². The lowest BCUT2D eigenvalue weighted by Gasteiger charge is -2.29. The van der Waals surface area contributed by atoms with Gasteiger partial charge in [0.25, 0.3) is 0 Å². The second kappa shape index (κ2) is 4.63. The lowest BCUT2D eigenvalue weighted by molar-refractivity contribution is -0.0776. The Balaban J connectivity index is 2.24. The third kappa shape index (κ3) is 4.97. The maximum absolute atomic E-state index is 6.02. The molecule has 0 aromatic heterocycles. The second-order valence-corrected chi connectivity index (χ2v) is 5.48. The van der Waals surface area contributed by atoms with E-state index >= 15 is 0 Å². The summed E-state index contributed by atoms with van der Waals surface area (Å²) < 4.78 is 11.2. The smallest absolute Gasteiger partial charge is 0.0837 e. The van der Waals surface area contributed by atoms with Crippen molar-refractivity contribution in [2.75, 3.05) is 6.61 Å². The van der Waals surface area contributed by atoms with Gasteiger partial charge in [0.05, 0.1) is 24.4 Å². The van der Waals surface area contributed by atoms with Gasteiger partial charge in [0.1, 0.15) is 0 Å². The number of hydrogen-bond acceptors (Lipinski definition) is 2. The molecule has 84 valence electrons. The molecular formula is C12H24O2. The summed E-state index contributed by atoms with van der Waals surface area (Å²) in [6.45, 7) is 11.9. The van der Waals surface area contributed by atoms with Crippen LogP contribution >= 0.6 is 0 Å². The Morgan fingerprint density at radius 3 is 2.36 bits per heavy atom. The summed E-state index contributed by atoms with van der Waals surface area (Å²) in [5, 5.41) is 0. The lowest BCUT2D eigenvalue weighted by Crippen LogP contribution is -2.31. The SMILES string of the molecule is CC(C)CC(C)OC(C)(C)CC1CO1. The van der Waals surface area contributed by atoms with Gasteiger partial charge in [-0.15, -0.1) is 0 Å². The molecule has 0 bridgehead atoms. The molecule has 0 saturated carbocycles. The highest BCUT2D eigenvalue weighted by Gasteiger charge is 2.32. The molecule has 2 atom stereocenters. The zero-order chi connectivity index (χ0) is 10.8. The number of hydrogen-bond donors (Lipinski definition) is 0. The maximum Gasteiger partial charge on any atom is 0.0837 e. The van der Waals surface area contributed by atoms with Crippen LogP contribution in [-0.2, 0) is 9.47 Å². The minimum Gasteiger partial charge on any atom is -0.373 e. The number of rotatable bonds is 6.